The Labute approximate surface area is 148 Å². The van der Waals surface area contributed by atoms with E-state index >= 15 is 0 Å². The number of carbonyl (C=O) groups excluding carboxylic acids is 1. The minimum atomic E-state index is -4.69. The van der Waals surface area contributed by atoms with Gasteiger partial charge in [-0.25, -0.2) is 9.97 Å². The largest absolute Gasteiger partial charge is 0.467 e. The molecule has 140 valence electrons. The van der Waals surface area contributed by atoms with Gasteiger partial charge in [0.15, 0.2) is 0 Å². The molecule has 0 aromatic carbocycles. The molecule has 1 aliphatic heterocycles. The Bertz CT molecular complexity index is 762. The molecule has 0 bridgehead atoms. The van der Waals surface area contributed by atoms with E-state index < -0.39 is 12.0 Å². The van der Waals surface area contributed by atoms with Crippen molar-refractivity contribution < 1.29 is 22.4 Å². The van der Waals surface area contributed by atoms with E-state index in [4.69, 9.17) is 4.42 Å². The van der Waals surface area contributed by atoms with Crippen molar-refractivity contribution in [3.8, 4) is 0 Å². The summed E-state index contributed by atoms with van der Waals surface area (Å²) in [5.41, 5.74) is 0.0262. The zero-order valence-electron chi connectivity index (χ0n) is 14.2. The number of nitrogens with zero attached hydrogens (tertiary/aromatic N) is 3. The highest BCUT2D eigenvalue weighted by Crippen LogP contribution is 2.29. The minimum Gasteiger partial charge on any atom is -0.467 e. The normalized spacial score (nSPS) is 18.0. The molecule has 0 aliphatic carbocycles. The van der Waals surface area contributed by atoms with Crippen molar-refractivity contribution in [2.24, 2.45) is 0 Å². The fourth-order valence-electron chi connectivity index (χ4n) is 2.95. The van der Waals surface area contributed by atoms with Crippen LogP contribution in [0, 0.1) is 0 Å². The summed E-state index contributed by atoms with van der Waals surface area (Å²) >= 11 is 0. The standard InChI is InChI=1S/C17H19F3N4O2/c1-11-5-2-3-7-24(11)15(25)13-10-22-16(17(18,19)20)23-14(13)21-9-12-6-4-8-26-12/h4,6,8,10-11H,2-3,5,7,9H2,1H3,(H,21,22,23). The highest BCUT2D eigenvalue weighted by Gasteiger charge is 2.36. The molecule has 1 aliphatic rings. The van der Waals surface area contributed by atoms with Crippen molar-refractivity contribution in [1.29, 1.82) is 0 Å². The second kappa shape index (κ2) is 7.35. The minimum absolute atomic E-state index is 0.0245. The van der Waals surface area contributed by atoms with Crippen LogP contribution in [-0.2, 0) is 12.7 Å². The van der Waals surface area contributed by atoms with Crippen molar-refractivity contribution in [2.75, 3.05) is 11.9 Å². The highest BCUT2D eigenvalue weighted by molar-refractivity contribution is 5.98. The fraction of sp³-hybridized carbons (Fsp3) is 0.471. The van der Waals surface area contributed by atoms with Gasteiger partial charge in [0.05, 0.1) is 12.8 Å². The average Bonchev–Trinajstić information content (AvgIpc) is 3.12. The number of carbonyl (C=O) groups is 1. The van der Waals surface area contributed by atoms with Gasteiger partial charge in [0.1, 0.15) is 17.1 Å². The van der Waals surface area contributed by atoms with Crippen molar-refractivity contribution >= 4 is 11.7 Å². The molecule has 1 unspecified atom stereocenters. The SMILES string of the molecule is CC1CCCCN1C(=O)c1cnc(C(F)(F)F)nc1NCc1ccco1. The quantitative estimate of drug-likeness (QED) is 0.891. The number of anilines is 1. The second-order valence-electron chi connectivity index (χ2n) is 6.23. The van der Waals surface area contributed by atoms with Crippen LogP contribution in [-0.4, -0.2) is 33.4 Å². The summed E-state index contributed by atoms with van der Waals surface area (Å²) in [6, 6.07) is 3.36. The number of amides is 1. The number of piperidine rings is 1. The Morgan fingerprint density at radius 2 is 2.23 bits per heavy atom. The van der Waals surface area contributed by atoms with Crippen LogP contribution in [0.15, 0.2) is 29.0 Å². The zero-order chi connectivity index (χ0) is 18.7. The van der Waals surface area contributed by atoms with Gasteiger partial charge in [0.25, 0.3) is 5.91 Å². The first-order valence-corrected chi connectivity index (χ1v) is 8.37. The van der Waals surface area contributed by atoms with Gasteiger partial charge < -0.3 is 14.6 Å². The number of furan rings is 1. The third-order valence-electron chi connectivity index (χ3n) is 4.35. The third kappa shape index (κ3) is 3.97. The molecule has 26 heavy (non-hydrogen) atoms. The molecule has 0 radical (unpaired) electrons. The van der Waals surface area contributed by atoms with Crippen molar-refractivity contribution in [1.82, 2.24) is 14.9 Å². The van der Waals surface area contributed by atoms with Gasteiger partial charge in [0, 0.05) is 18.8 Å². The molecule has 1 saturated heterocycles. The zero-order valence-corrected chi connectivity index (χ0v) is 14.2. The van der Waals surface area contributed by atoms with E-state index in [0.717, 1.165) is 25.5 Å². The van der Waals surface area contributed by atoms with Gasteiger partial charge in [-0.05, 0) is 38.3 Å². The van der Waals surface area contributed by atoms with Gasteiger partial charge in [0.2, 0.25) is 5.82 Å². The first kappa shape index (κ1) is 18.2. The lowest BCUT2D eigenvalue weighted by molar-refractivity contribution is -0.144. The van der Waals surface area contributed by atoms with Gasteiger partial charge in [-0.3, -0.25) is 4.79 Å². The van der Waals surface area contributed by atoms with Gasteiger partial charge >= 0.3 is 6.18 Å². The first-order chi connectivity index (χ1) is 12.4. The van der Waals surface area contributed by atoms with Crippen LogP contribution >= 0.6 is 0 Å². The van der Waals surface area contributed by atoms with Crippen molar-refractivity contribution in [3.63, 3.8) is 0 Å². The number of likely N-dealkylation sites (tertiary alicyclic amines) is 1. The summed E-state index contributed by atoms with van der Waals surface area (Å²) in [4.78, 5) is 21.4. The Hall–Kier alpha value is -2.58. The Balaban J connectivity index is 1.90. The number of nitrogens with one attached hydrogen (secondary N) is 1. The second-order valence-corrected chi connectivity index (χ2v) is 6.23. The molecule has 1 fully saturated rings. The number of rotatable bonds is 4. The maximum absolute atomic E-state index is 13.0. The molecule has 6 nitrogen and oxygen atoms in total. The van der Waals surface area contributed by atoms with Crippen molar-refractivity contribution in [3.05, 3.63) is 41.7 Å². The third-order valence-corrected chi connectivity index (χ3v) is 4.35. The van der Waals surface area contributed by atoms with E-state index in [0.29, 0.717) is 12.3 Å². The van der Waals surface area contributed by atoms with E-state index in [1.807, 2.05) is 6.92 Å². The smallest absolute Gasteiger partial charge is 0.451 e. The molecule has 2 aromatic heterocycles. The summed E-state index contributed by atoms with van der Waals surface area (Å²) in [5.74, 6) is -1.29. The number of halogens is 3. The van der Waals surface area contributed by atoms with Gasteiger partial charge in [-0.15, -0.1) is 0 Å². The van der Waals surface area contributed by atoms with Crippen LogP contribution in [0.3, 0.4) is 0 Å². The van der Waals surface area contributed by atoms with E-state index in [-0.39, 0.29) is 29.9 Å². The predicted octanol–water partition coefficient (Wildman–Crippen LogP) is 3.72. The average molecular weight is 368 g/mol. The predicted molar refractivity (Wildman–Crippen MR) is 87.4 cm³/mol. The van der Waals surface area contributed by atoms with E-state index in [9.17, 15) is 18.0 Å². The Kier molecular flexibility index (Phi) is 5.15. The summed E-state index contributed by atoms with van der Waals surface area (Å²) in [7, 11) is 0. The van der Waals surface area contributed by atoms with Gasteiger partial charge in [-0.1, -0.05) is 0 Å². The first-order valence-electron chi connectivity index (χ1n) is 8.37. The van der Waals surface area contributed by atoms with E-state index in [1.54, 1.807) is 17.0 Å². The molecule has 2 aromatic rings. The fourth-order valence-corrected chi connectivity index (χ4v) is 2.95. The molecular weight excluding hydrogens is 349 g/mol. The Morgan fingerprint density at radius 3 is 2.88 bits per heavy atom. The molecule has 1 amide bonds. The molecule has 9 heteroatoms. The summed E-state index contributed by atoms with van der Waals surface area (Å²) in [6.07, 6.45) is 0.470. The van der Waals surface area contributed by atoms with Crippen LogP contribution in [0.1, 0.15) is 48.1 Å². The van der Waals surface area contributed by atoms with E-state index in [1.165, 1.54) is 6.26 Å². The number of hydrogen-bond donors (Lipinski definition) is 1. The molecule has 0 saturated carbocycles. The van der Waals surface area contributed by atoms with Crippen molar-refractivity contribution in [2.45, 2.75) is 44.9 Å². The lowest BCUT2D eigenvalue weighted by atomic mass is 10.0. The number of aromatic nitrogens is 2. The van der Waals surface area contributed by atoms with E-state index in [2.05, 4.69) is 15.3 Å². The summed E-state index contributed by atoms with van der Waals surface area (Å²) in [5, 5.41) is 2.77. The van der Waals surface area contributed by atoms with Crippen LogP contribution in [0.25, 0.3) is 0 Å². The highest BCUT2D eigenvalue weighted by atomic mass is 19.4. The summed E-state index contributed by atoms with van der Waals surface area (Å²) in [6.45, 7) is 2.60. The molecule has 3 rings (SSSR count). The van der Waals surface area contributed by atoms with Crippen LogP contribution in [0.2, 0.25) is 0 Å². The van der Waals surface area contributed by atoms with Crippen LogP contribution in [0.5, 0.6) is 0 Å². The molecule has 1 atom stereocenters. The topological polar surface area (TPSA) is 71.3 Å². The lowest BCUT2D eigenvalue weighted by Gasteiger charge is -2.33. The number of alkyl halides is 3. The Morgan fingerprint density at radius 1 is 1.42 bits per heavy atom. The van der Waals surface area contributed by atoms with Crippen LogP contribution < -0.4 is 5.32 Å². The van der Waals surface area contributed by atoms with Gasteiger partial charge in [-0.2, -0.15) is 13.2 Å². The molecule has 3 heterocycles. The molecular formula is C17H19F3N4O2. The molecule has 0 spiro atoms. The maximum Gasteiger partial charge on any atom is 0.451 e. The summed E-state index contributed by atoms with van der Waals surface area (Å²) < 4.78 is 44.1. The van der Waals surface area contributed by atoms with Crippen LogP contribution in [0.4, 0.5) is 19.0 Å². The lowest BCUT2D eigenvalue weighted by Crippen LogP contribution is -2.42. The molecule has 1 N–H and O–H groups in total. The number of hydrogen-bond acceptors (Lipinski definition) is 5. The monoisotopic (exact) mass is 368 g/mol. The maximum atomic E-state index is 13.0.